The maximum absolute atomic E-state index is 11.1. The largest absolute Gasteiger partial charge is 0.478 e. The van der Waals surface area contributed by atoms with Crippen molar-refractivity contribution in [2.75, 3.05) is 11.9 Å². The first-order valence-electron chi connectivity index (χ1n) is 6.64. The van der Waals surface area contributed by atoms with Crippen LogP contribution < -0.4 is 5.32 Å². The van der Waals surface area contributed by atoms with Gasteiger partial charge in [0.15, 0.2) is 0 Å². The molecule has 0 aromatic heterocycles. The Kier molecular flexibility index (Phi) is 3.90. The number of aromatic carboxylic acids is 1. The highest BCUT2D eigenvalue weighted by molar-refractivity contribution is 5.94. The molecular formula is C15H21NO2. The SMILES string of the molecule is Cc1ccc(C(=O)O)c(NCC2CCC(C)C2)c1. The topological polar surface area (TPSA) is 49.3 Å². The predicted molar refractivity (Wildman–Crippen MR) is 73.1 cm³/mol. The third-order valence-corrected chi connectivity index (χ3v) is 3.79. The summed E-state index contributed by atoms with van der Waals surface area (Å²) in [4.78, 5) is 11.1. The quantitative estimate of drug-likeness (QED) is 0.855. The molecule has 2 atom stereocenters. The number of carboxylic acids is 1. The zero-order valence-corrected chi connectivity index (χ0v) is 11.1. The van der Waals surface area contributed by atoms with Crippen LogP contribution in [0.25, 0.3) is 0 Å². The molecule has 0 spiro atoms. The third kappa shape index (κ3) is 3.03. The summed E-state index contributed by atoms with van der Waals surface area (Å²) in [5.74, 6) is 0.632. The number of benzene rings is 1. The first-order chi connectivity index (χ1) is 8.56. The molecule has 3 nitrogen and oxygen atoms in total. The molecule has 2 unspecified atom stereocenters. The molecule has 2 rings (SSSR count). The van der Waals surface area contributed by atoms with Crippen molar-refractivity contribution >= 4 is 11.7 Å². The summed E-state index contributed by atoms with van der Waals surface area (Å²) in [5, 5.41) is 12.5. The van der Waals surface area contributed by atoms with Crippen molar-refractivity contribution in [1.82, 2.24) is 0 Å². The first kappa shape index (κ1) is 12.9. The van der Waals surface area contributed by atoms with E-state index in [0.717, 1.165) is 23.7 Å². The zero-order chi connectivity index (χ0) is 13.1. The minimum atomic E-state index is -0.864. The molecule has 0 bridgehead atoms. The lowest BCUT2D eigenvalue weighted by atomic mass is 10.1. The summed E-state index contributed by atoms with van der Waals surface area (Å²) in [7, 11) is 0. The molecule has 0 radical (unpaired) electrons. The van der Waals surface area contributed by atoms with E-state index in [9.17, 15) is 4.79 Å². The molecule has 0 saturated heterocycles. The van der Waals surface area contributed by atoms with Gasteiger partial charge in [-0.25, -0.2) is 4.79 Å². The molecule has 0 amide bonds. The summed E-state index contributed by atoms with van der Waals surface area (Å²) >= 11 is 0. The lowest BCUT2D eigenvalue weighted by Crippen LogP contribution is -2.14. The Hall–Kier alpha value is -1.51. The highest BCUT2D eigenvalue weighted by atomic mass is 16.4. The Morgan fingerprint density at radius 1 is 1.44 bits per heavy atom. The van der Waals surface area contributed by atoms with Crippen molar-refractivity contribution in [1.29, 1.82) is 0 Å². The van der Waals surface area contributed by atoms with Crippen molar-refractivity contribution in [2.45, 2.75) is 33.1 Å². The summed E-state index contributed by atoms with van der Waals surface area (Å²) < 4.78 is 0. The highest BCUT2D eigenvalue weighted by Crippen LogP contribution is 2.30. The smallest absolute Gasteiger partial charge is 0.337 e. The highest BCUT2D eigenvalue weighted by Gasteiger charge is 2.21. The summed E-state index contributed by atoms with van der Waals surface area (Å²) in [5.41, 5.74) is 2.20. The minimum absolute atomic E-state index is 0.367. The van der Waals surface area contributed by atoms with Gasteiger partial charge in [0.25, 0.3) is 0 Å². The second kappa shape index (κ2) is 5.42. The van der Waals surface area contributed by atoms with Crippen LogP contribution in [-0.4, -0.2) is 17.6 Å². The fraction of sp³-hybridized carbons (Fsp3) is 0.533. The van der Waals surface area contributed by atoms with E-state index in [-0.39, 0.29) is 0 Å². The second-order valence-corrected chi connectivity index (χ2v) is 5.52. The second-order valence-electron chi connectivity index (χ2n) is 5.52. The average Bonchev–Trinajstić information content (AvgIpc) is 2.72. The Bertz CT molecular complexity index is 442. The zero-order valence-electron chi connectivity index (χ0n) is 11.1. The summed E-state index contributed by atoms with van der Waals surface area (Å²) in [6.07, 6.45) is 3.80. The van der Waals surface area contributed by atoms with E-state index in [1.54, 1.807) is 6.07 Å². The van der Waals surface area contributed by atoms with Crippen LogP contribution in [0.4, 0.5) is 5.69 Å². The Morgan fingerprint density at radius 2 is 2.22 bits per heavy atom. The number of hydrogen-bond donors (Lipinski definition) is 2. The number of rotatable bonds is 4. The molecule has 2 N–H and O–H groups in total. The van der Waals surface area contributed by atoms with Gasteiger partial charge in [0.05, 0.1) is 5.56 Å². The molecule has 98 valence electrons. The number of anilines is 1. The van der Waals surface area contributed by atoms with Crippen LogP contribution in [0.5, 0.6) is 0 Å². The molecular weight excluding hydrogens is 226 g/mol. The van der Waals surface area contributed by atoms with Crippen molar-refractivity contribution in [3.8, 4) is 0 Å². The maximum Gasteiger partial charge on any atom is 0.337 e. The van der Waals surface area contributed by atoms with E-state index in [0.29, 0.717) is 11.5 Å². The van der Waals surface area contributed by atoms with Crippen molar-refractivity contribution in [2.24, 2.45) is 11.8 Å². The van der Waals surface area contributed by atoms with Crippen LogP contribution in [0.1, 0.15) is 42.1 Å². The molecule has 1 fully saturated rings. The van der Waals surface area contributed by atoms with E-state index in [1.807, 2.05) is 19.1 Å². The molecule has 1 aromatic rings. The van der Waals surface area contributed by atoms with Gasteiger partial charge in [0.2, 0.25) is 0 Å². The molecule has 0 aliphatic heterocycles. The van der Waals surface area contributed by atoms with Crippen LogP contribution in [0, 0.1) is 18.8 Å². The molecule has 1 aliphatic rings. The van der Waals surface area contributed by atoms with Crippen LogP contribution in [0.3, 0.4) is 0 Å². The molecule has 1 aromatic carbocycles. The van der Waals surface area contributed by atoms with Gasteiger partial charge in [-0.3, -0.25) is 0 Å². The van der Waals surface area contributed by atoms with E-state index < -0.39 is 5.97 Å². The fourth-order valence-corrected chi connectivity index (χ4v) is 2.76. The van der Waals surface area contributed by atoms with Crippen LogP contribution in [0.15, 0.2) is 18.2 Å². The van der Waals surface area contributed by atoms with E-state index >= 15 is 0 Å². The monoisotopic (exact) mass is 247 g/mol. The number of carbonyl (C=O) groups is 1. The van der Waals surface area contributed by atoms with Gasteiger partial charge in [0, 0.05) is 12.2 Å². The average molecular weight is 247 g/mol. The number of aryl methyl sites for hydroxylation is 1. The Morgan fingerprint density at radius 3 is 2.83 bits per heavy atom. The van der Waals surface area contributed by atoms with Gasteiger partial charge in [0.1, 0.15) is 0 Å². The molecule has 0 heterocycles. The van der Waals surface area contributed by atoms with Crippen LogP contribution in [-0.2, 0) is 0 Å². The minimum Gasteiger partial charge on any atom is -0.478 e. The normalized spacial score (nSPS) is 23.0. The first-order valence-corrected chi connectivity index (χ1v) is 6.64. The number of hydrogen-bond acceptors (Lipinski definition) is 2. The summed E-state index contributed by atoms with van der Waals surface area (Å²) in [6, 6.07) is 5.44. The number of carboxylic acid groups (broad SMARTS) is 1. The molecule has 3 heteroatoms. The van der Waals surface area contributed by atoms with Gasteiger partial charge < -0.3 is 10.4 Å². The van der Waals surface area contributed by atoms with Gasteiger partial charge in [-0.1, -0.05) is 19.4 Å². The predicted octanol–water partition coefficient (Wildman–Crippen LogP) is 3.54. The maximum atomic E-state index is 11.1. The van der Waals surface area contributed by atoms with E-state index in [4.69, 9.17) is 5.11 Å². The van der Waals surface area contributed by atoms with Crippen molar-refractivity contribution in [3.05, 3.63) is 29.3 Å². The fourth-order valence-electron chi connectivity index (χ4n) is 2.76. The lowest BCUT2D eigenvalue weighted by Gasteiger charge is -2.14. The van der Waals surface area contributed by atoms with E-state index in [1.165, 1.54) is 19.3 Å². The van der Waals surface area contributed by atoms with Crippen molar-refractivity contribution < 1.29 is 9.90 Å². The van der Waals surface area contributed by atoms with Crippen LogP contribution in [0.2, 0.25) is 0 Å². The van der Waals surface area contributed by atoms with Crippen molar-refractivity contribution in [3.63, 3.8) is 0 Å². The molecule has 1 saturated carbocycles. The molecule has 1 aliphatic carbocycles. The lowest BCUT2D eigenvalue weighted by molar-refractivity contribution is 0.0698. The summed E-state index contributed by atoms with van der Waals surface area (Å²) in [6.45, 7) is 5.15. The van der Waals surface area contributed by atoms with Crippen LogP contribution >= 0.6 is 0 Å². The number of nitrogens with one attached hydrogen (secondary N) is 1. The van der Waals surface area contributed by atoms with Gasteiger partial charge >= 0.3 is 5.97 Å². The van der Waals surface area contributed by atoms with Gasteiger partial charge in [-0.15, -0.1) is 0 Å². The van der Waals surface area contributed by atoms with Gasteiger partial charge in [-0.05, 0) is 49.3 Å². The Labute approximate surface area is 108 Å². The third-order valence-electron chi connectivity index (χ3n) is 3.79. The molecule has 18 heavy (non-hydrogen) atoms. The van der Waals surface area contributed by atoms with E-state index in [2.05, 4.69) is 12.2 Å². The van der Waals surface area contributed by atoms with Gasteiger partial charge in [-0.2, -0.15) is 0 Å². The Balaban J connectivity index is 2.04. The standard InChI is InChI=1S/C15H21NO2/c1-10-3-5-12(7-10)9-16-14-8-11(2)4-6-13(14)15(17)18/h4,6,8,10,12,16H,3,5,7,9H2,1-2H3,(H,17,18).